The van der Waals surface area contributed by atoms with E-state index >= 15 is 0 Å². The highest BCUT2D eigenvalue weighted by Crippen LogP contribution is 2.36. The van der Waals surface area contributed by atoms with E-state index in [0.717, 1.165) is 22.7 Å². The SMILES string of the molecule is CCOC(=O)c1sc(NC(=O)C2CCCN(S(=O)(=O)c3ccc(Cl)s3)C2)c(C(=O)OCC)c1C. The van der Waals surface area contributed by atoms with E-state index in [2.05, 4.69) is 5.32 Å². The predicted octanol–water partition coefficient (Wildman–Crippen LogP) is 4.16. The van der Waals surface area contributed by atoms with Gasteiger partial charge in [0.15, 0.2) is 0 Å². The smallest absolute Gasteiger partial charge is 0.348 e. The highest BCUT2D eigenvalue weighted by Gasteiger charge is 2.35. The number of thiophene rings is 2. The summed E-state index contributed by atoms with van der Waals surface area (Å²) in [5.74, 6) is -2.33. The van der Waals surface area contributed by atoms with Crippen LogP contribution >= 0.6 is 34.3 Å². The Hall–Kier alpha value is -1.99. The van der Waals surface area contributed by atoms with Gasteiger partial charge in [0, 0.05) is 13.1 Å². The van der Waals surface area contributed by atoms with Gasteiger partial charge < -0.3 is 14.8 Å². The van der Waals surface area contributed by atoms with E-state index in [-0.39, 0.29) is 39.4 Å². The van der Waals surface area contributed by atoms with Crippen molar-refractivity contribution < 1.29 is 32.3 Å². The molecule has 2 aromatic heterocycles. The Kier molecular flexibility index (Phi) is 8.74. The number of carbonyl (C=O) groups is 3. The van der Waals surface area contributed by atoms with E-state index < -0.39 is 33.8 Å². The molecule has 0 spiro atoms. The Morgan fingerprint density at radius 2 is 1.82 bits per heavy atom. The van der Waals surface area contributed by atoms with Gasteiger partial charge in [-0.05, 0) is 51.3 Å². The minimum absolute atomic E-state index is 0.00643. The molecule has 3 heterocycles. The number of amides is 1. The van der Waals surface area contributed by atoms with Gasteiger partial charge >= 0.3 is 11.9 Å². The molecule has 1 saturated heterocycles. The molecule has 0 saturated carbocycles. The Morgan fingerprint density at radius 3 is 2.44 bits per heavy atom. The fraction of sp³-hybridized carbons (Fsp3) is 0.476. The molecule has 1 fully saturated rings. The van der Waals surface area contributed by atoms with Crippen molar-refractivity contribution in [2.24, 2.45) is 5.92 Å². The van der Waals surface area contributed by atoms with Crippen LogP contribution in [0.15, 0.2) is 16.3 Å². The monoisotopic (exact) mass is 548 g/mol. The molecular formula is C21H25ClN2O7S3. The molecule has 0 aromatic carbocycles. The number of carbonyl (C=O) groups excluding carboxylic acids is 3. The third-order valence-electron chi connectivity index (χ3n) is 5.22. The van der Waals surface area contributed by atoms with Crippen molar-refractivity contribution in [3.8, 4) is 0 Å². The maximum Gasteiger partial charge on any atom is 0.348 e. The van der Waals surface area contributed by atoms with Crippen LogP contribution in [0.4, 0.5) is 5.00 Å². The van der Waals surface area contributed by atoms with E-state index in [1.54, 1.807) is 20.8 Å². The number of sulfonamides is 1. The lowest BCUT2D eigenvalue weighted by atomic mass is 9.99. The molecule has 9 nitrogen and oxygen atoms in total. The minimum atomic E-state index is -3.77. The number of hydrogen-bond donors (Lipinski definition) is 1. The lowest BCUT2D eigenvalue weighted by Gasteiger charge is -2.30. The highest BCUT2D eigenvalue weighted by molar-refractivity contribution is 7.91. The fourth-order valence-electron chi connectivity index (χ4n) is 3.59. The molecule has 1 aliphatic heterocycles. The molecular weight excluding hydrogens is 524 g/mol. The lowest BCUT2D eigenvalue weighted by molar-refractivity contribution is -0.120. The average Bonchev–Trinajstić information content (AvgIpc) is 3.37. The number of esters is 2. The normalized spacial score (nSPS) is 16.8. The number of nitrogens with zero attached hydrogens (tertiary/aromatic N) is 1. The van der Waals surface area contributed by atoms with Crippen LogP contribution in [0, 0.1) is 12.8 Å². The molecule has 34 heavy (non-hydrogen) atoms. The molecule has 0 aliphatic carbocycles. The molecule has 186 valence electrons. The summed E-state index contributed by atoms with van der Waals surface area (Å²) in [7, 11) is -3.77. The van der Waals surface area contributed by atoms with Crippen LogP contribution in [0.25, 0.3) is 0 Å². The van der Waals surface area contributed by atoms with Crippen LogP contribution in [-0.4, -0.2) is 56.9 Å². The summed E-state index contributed by atoms with van der Waals surface area (Å²) >= 11 is 7.79. The molecule has 1 amide bonds. The van der Waals surface area contributed by atoms with Gasteiger partial charge in [-0.1, -0.05) is 11.6 Å². The first-order valence-electron chi connectivity index (χ1n) is 10.6. The summed E-state index contributed by atoms with van der Waals surface area (Å²) < 4.78 is 37.9. The molecule has 2 aromatic rings. The maximum absolute atomic E-state index is 13.1. The van der Waals surface area contributed by atoms with Gasteiger partial charge in [-0.25, -0.2) is 18.0 Å². The summed E-state index contributed by atoms with van der Waals surface area (Å²) in [5.41, 5.74) is 0.455. The van der Waals surface area contributed by atoms with Gasteiger partial charge in [-0.15, -0.1) is 22.7 Å². The van der Waals surface area contributed by atoms with Crippen molar-refractivity contribution in [3.05, 3.63) is 32.5 Å². The van der Waals surface area contributed by atoms with Crippen molar-refractivity contribution in [1.29, 1.82) is 0 Å². The first-order valence-corrected chi connectivity index (χ1v) is 14.1. The molecule has 1 N–H and O–H groups in total. The zero-order valence-corrected chi connectivity index (χ0v) is 22.1. The van der Waals surface area contributed by atoms with Crippen molar-refractivity contribution in [3.63, 3.8) is 0 Å². The maximum atomic E-state index is 13.1. The highest BCUT2D eigenvalue weighted by atomic mass is 35.5. The third-order valence-corrected chi connectivity index (χ3v) is 9.97. The Bertz CT molecular complexity index is 1190. The predicted molar refractivity (Wildman–Crippen MR) is 130 cm³/mol. The topological polar surface area (TPSA) is 119 Å². The molecule has 1 atom stereocenters. The van der Waals surface area contributed by atoms with Gasteiger partial charge in [0.25, 0.3) is 10.0 Å². The molecule has 13 heteroatoms. The summed E-state index contributed by atoms with van der Waals surface area (Å²) in [5, 5.41) is 2.90. The second-order valence-electron chi connectivity index (χ2n) is 7.45. The molecule has 1 unspecified atom stereocenters. The zero-order chi connectivity index (χ0) is 25.0. The van der Waals surface area contributed by atoms with Gasteiger partial charge in [0.1, 0.15) is 14.1 Å². The van der Waals surface area contributed by atoms with Crippen LogP contribution in [-0.2, 0) is 24.3 Å². The fourth-order valence-corrected chi connectivity index (χ4v) is 7.85. The molecule has 0 radical (unpaired) electrons. The lowest BCUT2D eigenvalue weighted by Crippen LogP contribution is -2.43. The minimum Gasteiger partial charge on any atom is -0.462 e. The largest absolute Gasteiger partial charge is 0.462 e. The van der Waals surface area contributed by atoms with E-state index in [1.165, 1.54) is 16.4 Å². The summed E-state index contributed by atoms with van der Waals surface area (Å²) in [4.78, 5) is 38.2. The van der Waals surface area contributed by atoms with Gasteiger partial charge in [0.05, 0.1) is 29.0 Å². The van der Waals surface area contributed by atoms with Gasteiger partial charge in [0.2, 0.25) is 5.91 Å². The zero-order valence-electron chi connectivity index (χ0n) is 18.9. The standard InChI is InChI=1S/C21H25ClN2O7S3/c1-4-30-20(26)16-12(3)17(21(27)31-5-2)33-19(16)23-18(25)13-7-6-10-24(11-13)34(28,29)15-9-8-14(22)32-15/h8-9,13H,4-7,10-11H2,1-3H3,(H,23,25). The molecule has 1 aliphatic rings. The molecule has 3 rings (SSSR count). The number of piperidine rings is 1. The van der Waals surface area contributed by atoms with Crippen LogP contribution in [0.3, 0.4) is 0 Å². The van der Waals surface area contributed by atoms with Crippen molar-refractivity contribution in [2.75, 3.05) is 31.6 Å². The number of ether oxygens (including phenoxy) is 2. The number of anilines is 1. The summed E-state index contributed by atoms with van der Waals surface area (Å²) in [6.45, 7) is 5.48. The first-order chi connectivity index (χ1) is 16.1. The van der Waals surface area contributed by atoms with Crippen molar-refractivity contribution in [1.82, 2.24) is 4.31 Å². The quantitative estimate of drug-likeness (QED) is 0.492. The third kappa shape index (κ3) is 5.62. The first kappa shape index (κ1) is 26.6. The number of hydrogen-bond acceptors (Lipinski definition) is 9. The Morgan fingerprint density at radius 1 is 1.15 bits per heavy atom. The Balaban J connectivity index is 1.83. The van der Waals surface area contributed by atoms with Gasteiger partial charge in [-0.3, -0.25) is 4.79 Å². The second kappa shape index (κ2) is 11.2. The van der Waals surface area contributed by atoms with Crippen LogP contribution < -0.4 is 5.32 Å². The number of rotatable bonds is 8. The number of halogens is 1. The summed E-state index contributed by atoms with van der Waals surface area (Å²) in [6, 6.07) is 2.97. The van der Waals surface area contributed by atoms with Crippen LogP contribution in [0.1, 0.15) is 52.3 Å². The average molecular weight is 549 g/mol. The van der Waals surface area contributed by atoms with Gasteiger partial charge in [-0.2, -0.15) is 4.31 Å². The van der Waals surface area contributed by atoms with E-state index in [0.29, 0.717) is 29.3 Å². The second-order valence-corrected chi connectivity index (χ2v) is 12.4. The number of nitrogens with one attached hydrogen (secondary N) is 1. The summed E-state index contributed by atoms with van der Waals surface area (Å²) in [6.07, 6.45) is 0.978. The van der Waals surface area contributed by atoms with Crippen molar-refractivity contribution >= 4 is 67.1 Å². The van der Waals surface area contributed by atoms with E-state index in [4.69, 9.17) is 21.1 Å². The Labute approximate surface area is 211 Å². The van der Waals surface area contributed by atoms with E-state index in [9.17, 15) is 22.8 Å². The van der Waals surface area contributed by atoms with Crippen LogP contribution in [0.2, 0.25) is 4.34 Å². The van der Waals surface area contributed by atoms with E-state index in [1.807, 2.05) is 0 Å². The van der Waals surface area contributed by atoms with Crippen LogP contribution in [0.5, 0.6) is 0 Å². The van der Waals surface area contributed by atoms with Crippen molar-refractivity contribution in [2.45, 2.75) is 37.8 Å². The molecule has 0 bridgehead atoms.